The van der Waals surface area contributed by atoms with E-state index in [2.05, 4.69) is 10.6 Å². The van der Waals surface area contributed by atoms with Gasteiger partial charge in [0.1, 0.15) is 5.82 Å². The zero-order valence-electron chi connectivity index (χ0n) is 10.5. The van der Waals surface area contributed by atoms with Crippen molar-refractivity contribution in [2.45, 2.75) is 12.8 Å². The van der Waals surface area contributed by atoms with Gasteiger partial charge >= 0.3 is 0 Å². The van der Waals surface area contributed by atoms with Crippen molar-refractivity contribution in [1.82, 2.24) is 10.6 Å². The molecule has 2 fully saturated rings. The van der Waals surface area contributed by atoms with Crippen LogP contribution in [-0.2, 0) is 4.79 Å². The molecule has 0 amide bonds. The normalized spacial score (nSPS) is 20.9. The first-order valence-electron chi connectivity index (χ1n) is 6.46. The highest BCUT2D eigenvalue weighted by Crippen LogP contribution is 2.29. The minimum absolute atomic E-state index is 0.150. The second-order valence-electron chi connectivity index (χ2n) is 4.76. The van der Waals surface area contributed by atoms with E-state index in [0.29, 0.717) is 5.02 Å². The summed E-state index contributed by atoms with van der Waals surface area (Å²) in [6, 6.07) is 7.57. The summed E-state index contributed by atoms with van der Waals surface area (Å²) in [5.41, 5.74) is 2.72. The van der Waals surface area contributed by atoms with E-state index in [1.165, 1.54) is 0 Å². The van der Waals surface area contributed by atoms with E-state index in [4.69, 9.17) is 11.6 Å². The first kappa shape index (κ1) is 12.3. The van der Waals surface area contributed by atoms with Crippen molar-refractivity contribution in [2.75, 3.05) is 13.1 Å². The summed E-state index contributed by atoms with van der Waals surface area (Å²) in [6.07, 6.45) is 3.55. The molecule has 3 nitrogen and oxygen atoms in total. The first-order chi connectivity index (χ1) is 9.24. The van der Waals surface area contributed by atoms with E-state index in [1.54, 1.807) is 0 Å². The number of hydrogen-bond donors (Lipinski definition) is 2. The van der Waals surface area contributed by atoms with Crippen LogP contribution in [0.3, 0.4) is 0 Å². The van der Waals surface area contributed by atoms with Gasteiger partial charge in [-0.05, 0) is 36.6 Å². The van der Waals surface area contributed by atoms with Crippen LogP contribution < -0.4 is 10.6 Å². The number of carbonyl (C=O) groups is 1. The predicted octanol–water partition coefficient (Wildman–Crippen LogP) is 2.49. The molecule has 19 heavy (non-hydrogen) atoms. The largest absolute Gasteiger partial charge is 0.370 e. The van der Waals surface area contributed by atoms with Crippen LogP contribution in [-0.4, -0.2) is 18.9 Å². The molecule has 1 saturated carbocycles. The fraction of sp³-hybridized carbons (Fsp3) is 0.267. The van der Waals surface area contributed by atoms with Crippen LogP contribution in [0.5, 0.6) is 0 Å². The Balaban J connectivity index is 1.88. The fourth-order valence-electron chi connectivity index (χ4n) is 2.51. The van der Waals surface area contributed by atoms with Gasteiger partial charge in [-0.25, -0.2) is 0 Å². The van der Waals surface area contributed by atoms with Crippen molar-refractivity contribution in [3.05, 3.63) is 51.8 Å². The van der Waals surface area contributed by atoms with Gasteiger partial charge in [0.25, 0.3) is 0 Å². The highest BCUT2D eigenvalue weighted by atomic mass is 35.5. The van der Waals surface area contributed by atoms with Gasteiger partial charge in [0.05, 0.1) is 0 Å². The third kappa shape index (κ3) is 2.51. The maximum Gasteiger partial charge on any atom is 0.188 e. The van der Waals surface area contributed by atoms with Crippen LogP contribution in [0.15, 0.2) is 41.2 Å². The molecular weight excluding hydrogens is 260 g/mol. The van der Waals surface area contributed by atoms with Gasteiger partial charge < -0.3 is 10.6 Å². The summed E-state index contributed by atoms with van der Waals surface area (Å²) >= 11 is 5.96. The molecule has 0 aromatic heterocycles. The average molecular weight is 275 g/mol. The SMILES string of the molecule is O=C1C(=C2NCCN2)CC/C1=C\c1cccc(Cl)c1. The summed E-state index contributed by atoms with van der Waals surface area (Å²) in [6.45, 7) is 1.78. The predicted molar refractivity (Wildman–Crippen MR) is 76.7 cm³/mol. The van der Waals surface area contributed by atoms with Crippen molar-refractivity contribution in [3.8, 4) is 0 Å². The molecule has 1 saturated heterocycles. The Labute approximate surface area is 117 Å². The minimum Gasteiger partial charge on any atom is -0.370 e. The Hall–Kier alpha value is -1.74. The molecule has 0 unspecified atom stereocenters. The number of nitrogens with one attached hydrogen (secondary N) is 2. The summed E-state index contributed by atoms with van der Waals surface area (Å²) in [7, 11) is 0. The van der Waals surface area contributed by atoms with Crippen LogP contribution in [0, 0.1) is 0 Å². The van der Waals surface area contributed by atoms with Gasteiger partial charge in [-0.15, -0.1) is 0 Å². The van der Waals surface area contributed by atoms with Gasteiger partial charge in [0, 0.05) is 29.3 Å². The van der Waals surface area contributed by atoms with Crippen molar-refractivity contribution in [1.29, 1.82) is 0 Å². The third-order valence-corrected chi connectivity index (χ3v) is 3.67. The molecule has 1 heterocycles. The Morgan fingerprint density at radius 1 is 1.16 bits per heavy atom. The number of rotatable bonds is 1. The number of Topliss-reactive ketones (excluding diaryl/α,β-unsaturated/α-hetero) is 1. The molecule has 0 radical (unpaired) electrons. The molecular formula is C15H15ClN2O. The summed E-state index contributed by atoms with van der Waals surface area (Å²) in [5.74, 6) is 1.07. The van der Waals surface area contributed by atoms with Crippen LogP contribution in [0.2, 0.25) is 5.02 Å². The number of halogens is 1. The zero-order chi connectivity index (χ0) is 13.2. The molecule has 1 aliphatic carbocycles. The minimum atomic E-state index is 0.150. The van der Waals surface area contributed by atoms with Crippen molar-refractivity contribution in [3.63, 3.8) is 0 Å². The molecule has 0 bridgehead atoms. The monoisotopic (exact) mass is 274 g/mol. The van der Waals surface area contributed by atoms with E-state index in [0.717, 1.165) is 48.5 Å². The third-order valence-electron chi connectivity index (χ3n) is 3.43. The Morgan fingerprint density at radius 3 is 2.68 bits per heavy atom. The number of ketones is 1. The maximum atomic E-state index is 12.3. The molecule has 1 aliphatic heterocycles. The van der Waals surface area contributed by atoms with E-state index >= 15 is 0 Å². The Morgan fingerprint density at radius 2 is 1.95 bits per heavy atom. The summed E-state index contributed by atoms with van der Waals surface area (Å²) < 4.78 is 0. The van der Waals surface area contributed by atoms with Crippen LogP contribution >= 0.6 is 11.6 Å². The number of hydrogen-bond acceptors (Lipinski definition) is 3. The Kier molecular flexibility index (Phi) is 3.30. The van der Waals surface area contributed by atoms with E-state index in [-0.39, 0.29) is 5.78 Å². The van der Waals surface area contributed by atoms with Gasteiger partial charge in [-0.3, -0.25) is 4.79 Å². The van der Waals surface area contributed by atoms with Gasteiger partial charge in [-0.1, -0.05) is 23.7 Å². The zero-order valence-corrected chi connectivity index (χ0v) is 11.3. The van der Waals surface area contributed by atoms with Crippen LogP contribution in [0.25, 0.3) is 6.08 Å². The number of carbonyl (C=O) groups excluding carboxylic acids is 1. The number of benzene rings is 1. The van der Waals surface area contributed by atoms with E-state index < -0.39 is 0 Å². The summed E-state index contributed by atoms with van der Waals surface area (Å²) in [4.78, 5) is 12.3. The summed E-state index contributed by atoms with van der Waals surface area (Å²) in [5, 5.41) is 7.14. The molecule has 4 heteroatoms. The lowest BCUT2D eigenvalue weighted by Gasteiger charge is -2.03. The second kappa shape index (κ2) is 5.10. The molecule has 98 valence electrons. The number of allylic oxidation sites excluding steroid dienone is 2. The van der Waals surface area contributed by atoms with Crippen molar-refractivity contribution < 1.29 is 4.79 Å². The first-order valence-corrected chi connectivity index (χ1v) is 6.83. The highest BCUT2D eigenvalue weighted by molar-refractivity contribution is 6.30. The Bertz CT molecular complexity index is 582. The smallest absolute Gasteiger partial charge is 0.188 e. The lowest BCUT2D eigenvalue weighted by molar-refractivity contribution is -0.111. The van der Waals surface area contributed by atoms with Crippen molar-refractivity contribution in [2.24, 2.45) is 0 Å². The van der Waals surface area contributed by atoms with Crippen molar-refractivity contribution >= 4 is 23.5 Å². The topological polar surface area (TPSA) is 41.1 Å². The maximum absolute atomic E-state index is 12.3. The molecule has 1 aromatic carbocycles. The second-order valence-corrected chi connectivity index (χ2v) is 5.20. The quantitative estimate of drug-likeness (QED) is 0.773. The molecule has 2 N–H and O–H groups in total. The fourth-order valence-corrected chi connectivity index (χ4v) is 2.70. The van der Waals surface area contributed by atoms with Gasteiger partial charge in [-0.2, -0.15) is 0 Å². The van der Waals surface area contributed by atoms with Crippen LogP contribution in [0.4, 0.5) is 0 Å². The molecule has 2 aliphatic rings. The lowest BCUT2D eigenvalue weighted by Crippen LogP contribution is -2.15. The van der Waals surface area contributed by atoms with E-state index in [9.17, 15) is 4.79 Å². The molecule has 1 aromatic rings. The van der Waals surface area contributed by atoms with Gasteiger partial charge in [0.2, 0.25) is 0 Å². The highest BCUT2D eigenvalue weighted by Gasteiger charge is 2.27. The average Bonchev–Trinajstić information content (AvgIpc) is 3.01. The standard InChI is InChI=1S/C15H15ClN2O/c16-12-3-1-2-10(9-12)8-11-4-5-13(14(11)19)15-17-6-7-18-15/h1-3,8-9,17-18H,4-7H2/b11-8+. The lowest BCUT2D eigenvalue weighted by atomic mass is 10.1. The van der Waals surface area contributed by atoms with Crippen LogP contribution in [0.1, 0.15) is 18.4 Å². The molecule has 3 rings (SSSR count). The molecule has 0 spiro atoms. The van der Waals surface area contributed by atoms with E-state index in [1.807, 2.05) is 30.3 Å². The molecule has 0 atom stereocenters. The van der Waals surface area contributed by atoms with Gasteiger partial charge in [0.15, 0.2) is 5.78 Å².